The van der Waals surface area contributed by atoms with Gasteiger partial charge in [0.05, 0.1) is 7.11 Å². The number of nitrogens with two attached hydrogens (primary N) is 1. The lowest BCUT2D eigenvalue weighted by molar-refractivity contribution is -0.144. The van der Waals surface area contributed by atoms with Gasteiger partial charge in [-0.1, -0.05) is 30.3 Å². The molecule has 0 radical (unpaired) electrons. The van der Waals surface area contributed by atoms with Crippen molar-refractivity contribution < 1.29 is 24.2 Å². The Balaban J connectivity index is 2.64. The summed E-state index contributed by atoms with van der Waals surface area (Å²) >= 11 is 0. The summed E-state index contributed by atoms with van der Waals surface area (Å²) in [5, 5.41) is 11.4. The van der Waals surface area contributed by atoms with Crippen LogP contribution in [0.5, 0.6) is 0 Å². The van der Waals surface area contributed by atoms with Crippen LogP contribution < -0.4 is 11.1 Å². The fraction of sp³-hybridized carbons (Fsp3) is 0.357. The van der Waals surface area contributed by atoms with Crippen molar-refractivity contribution >= 4 is 17.8 Å². The number of amides is 1. The first kappa shape index (κ1) is 16.6. The molecule has 1 aromatic rings. The maximum absolute atomic E-state index is 12.0. The van der Waals surface area contributed by atoms with Crippen molar-refractivity contribution in [2.24, 2.45) is 5.73 Å². The smallest absolute Gasteiger partial charge is 0.326 e. The van der Waals surface area contributed by atoms with E-state index in [0.29, 0.717) is 5.56 Å². The number of rotatable bonds is 7. The minimum absolute atomic E-state index is 0.0603. The molecule has 1 amide bonds. The third-order valence-corrected chi connectivity index (χ3v) is 2.92. The first-order valence-corrected chi connectivity index (χ1v) is 6.36. The molecule has 0 heterocycles. The van der Waals surface area contributed by atoms with Gasteiger partial charge in [0.25, 0.3) is 0 Å². The molecular weight excluding hydrogens is 276 g/mol. The highest BCUT2D eigenvalue weighted by Crippen LogP contribution is 2.10. The lowest BCUT2D eigenvalue weighted by Gasteiger charge is -2.17. The molecule has 7 nitrogen and oxygen atoms in total. The number of hydrogen-bond donors (Lipinski definition) is 3. The molecule has 0 saturated carbocycles. The number of methoxy groups -OCH3 is 1. The highest BCUT2D eigenvalue weighted by atomic mass is 16.5. The second-order valence-corrected chi connectivity index (χ2v) is 4.40. The van der Waals surface area contributed by atoms with E-state index in [-0.39, 0.29) is 12.8 Å². The van der Waals surface area contributed by atoms with Crippen LogP contribution >= 0.6 is 0 Å². The summed E-state index contributed by atoms with van der Waals surface area (Å²) in [7, 11) is 1.21. The van der Waals surface area contributed by atoms with Crippen molar-refractivity contribution in [2.45, 2.75) is 24.9 Å². The molecule has 0 aliphatic heterocycles. The molecule has 0 saturated heterocycles. The zero-order chi connectivity index (χ0) is 15.8. The Morgan fingerprint density at radius 1 is 1.29 bits per heavy atom. The molecule has 0 spiro atoms. The van der Waals surface area contributed by atoms with E-state index >= 15 is 0 Å². The average molecular weight is 294 g/mol. The van der Waals surface area contributed by atoms with Gasteiger partial charge in [-0.2, -0.15) is 0 Å². The van der Waals surface area contributed by atoms with Crippen molar-refractivity contribution in [3.8, 4) is 0 Å². The predicted octanol–water partition coefficient (Wildman–Crippen LogP) is 0.209. The Morgan fingerprint density at radius 2 is 1.90 bits per heavy atom. The van der Waals surface area contributed by atoms with Gasteiger partial charge >= 0.3 is 11.9 Å². The van der Waals surface area contributed by atoms with Crippen molar-refractivity contribution in [3.05, 3.63) is 35.9 Å². The lowest BCUT2D eigenvalue weighted by atomic mass is 10.1. The Morgan fingerprint density at radius 3 is 2.43 bits per heavy atom. The zero-order valence-corrected chi connectivity index (χ0v) is 11.6. The van der Waals surface area contributed by atoms with E-state index in [9.17, 15) is 14.4 Å². The van der Waals surface area contributed by atoms with Crippen molar-refractivity contribution in [3.63, 3.8) is 0 Å². The second-order valence-electron chi connectivity index (χ2n) is 4.40. The second kappa shape index (κ2) is 8.01. The van der Waals surface area contributed by atoms with E-state index in [2.05, 4.69) is 10.1 Å². The number of esters is 1. The number of aliphatic carboxylic acids is 1. The van der Waals surface area contributed by atoms with E-state index in [0.717, 1.165) is 0 Å². The summed E-state index contributed by atoms with van der Waals surface area (Å²) < 4.78 is 4.43. The van der Waals surface area contributed by atoms with Gasteiger partial charge in [0.15, 0.2) is 0 Å². The molecule has 2 atom stereocenters. The Kier molecular flexibility index (Phi) is 6.35. The van der Waals surface area contributed by atoms with Crippen LogP contribution in [0, 0.1) is 0 Å². The van der Waals surface area contributed by atoms with E-state index in [1.807, 2.05) is 0 Å². The number of carboxylic acids is 1. The van der Waals surface area contributed by atoms with Crippen LogP contribution in [-0.2, 0) is 19.1 Å². The minimum Gasteiger partial charge on any atom is -0.480 e. The van der Waals surface area contributed by atoms with Crippen molar-refractivity contribution in [1.29, 1.82) is 0 Å². The van der Waals surface area contributed by atoms with E-state index in [1.54, 1.807) is 30.3 Å². The highest BCUT2D eigenvalue weighted by Gasteiger charge is 2.24. The van der Waals surface area contributed by atoms with Crippen molar-refractivity contribution in [1.82, 2.24) is 5.32 Å². The molecule has 0 fully saturated rings. The van der Waals surface area contributed by atoms with Gasteiger partial charge in [0.1, 0.15) is 12.1 Å². The first-order chi connectivity index (χ1) is 9.95. The maximum Gasteiger partial charge on any atom is 0.326 e. The molecule has 114 valence electrons. The third kappa shape index (κ3) is 5.23. The van der Waals surface area contributed by atoms with Gasteiger partial charge in [0.2, 0.25) is 5.91 Å². The van der Waals surface area contributed by atoms with Gasteiger partial charge in [0, 0.05) is 6.42 Å². The normalized spacial score (nSPS) is 13.0. The molecular formula is C14H18N2O5. The van der Waals surface area contributed by atoms with Crippen LogP contribution in [0.3, 0.4) is 0 Å². The summed E-state index contributed by atoms with van der Waals surface area (Å²) in [6.07, 6.45) is -0.163. The van der Waals surface area contributed by atoms with Crippen LogP contribution in [0.25, 0.3) is 0 Å². The van der Waals surface area contributed by atoms with Gasteiger partial charge in [-0.15, -0.1) is 0 Å². The van der Waals surface area contributed by atoms with Crippen LogP contribution in [0.2, 0.25) is 0 Å². The standard InChI is InChI=1S/C14H18N2O5/c1-21-11(17)8-7-10(14(19)20)16-13(18)12(15)9-5-3-2-4-6-9/h2-6,10,12H,7-8,15H2,1H3,(H,16,18)(H,19,20). The summed E-state index contributed by atoms with van der Waals surface area (Å²) in [4.78, 5) is 34.1. The number of ether oxygens (including phenoxy) is 1. The summed E-state index contributed by atoms with van der Waals surface area (Å²) in [6, 6.07) is 6.44. The van der Waals surface area contributed by atoms with E-state index in [4.69, 9.17) is 10.8 Å². The quantitative estimate of drug-likeness (QED) is 0.618. The molecule has 0 aromatic heterocycles. The Hall–Kier alpha value is -2.41. The average Bonchev–Trinajstić information content (AvgIpc) is 2.50. The van der Waals surface area contributed by atoms with Crippen LogP contribution in [-0.4, -0.2) is 36.1 Å². The van der Waals surface area contributed by atoms with Gasteiger partial charge in [-0.3, -0.25) is 9.59 Å². The van der Waals surface area contributed by atoms with Crippen LogP contribution in [0.1, 0.15) is 24.4 Å². The third-order valence-electron chi connectivity index (χ3n) is 2.92. The molecule has 1 aromatic carbocycles. The van der Waals surface area contributed by atoms with Gasteiger partial charge in [-0.05, 0) is 12.0 Å². The summed E-state index contributed by atoms with van der Waals surface area (Å²) in [5.74, 6) is -2.38. The molecule has 0 aliphatic rings. The molecule has 7 heteroatoms. The topological polar surface area (TPSA) is 119 Å². The fourth-order valence-electron chi connectivity index (χ4n) is 1.69. The molecule has 0 aliphatic carbocycles. The SMILES string of the molecule is COC(=O)CCC(NC(=O)C(N)c1ccccc1)C(=O)O. The van der Waals surface area contributed by atoms with Crippen LogP contribution in [0.15, 0.2) is 30.3 Å². The monoisotopic (exact) mass is 294 g/mol. The number of carboxylic acid groups (broad SMARTS) is 1. The number of benzene rings is 1. The lowest BCUT2D eigenvalue weighted by Crippen LogP contribution is -2.45. The number of carbonyl (C=O) groups excluding carboxylic acids is 2. The number of hydrogen-bond acceptors (Lipinski definition) is 5. The maximum atomic E-state index is 12.0. The Labute approximate surface area is 122 Å². The zero-order valence-electron chi connectivity index (χ0n) is 11.6. The fourth-order valence-corrected chi connectivity index (χ4v) is 1.69. The number of carbonyl (C=O) groups is 3. The van der Waals surface area contributed by atoms with Crippen molar-refractivity contribution in [2.75, 3.05) is 7.11 Å². The highest BCUT2D eigenvalue weighted by molar-refractivity contribution is 5.87. The molecule has 2 unspecified atom stereocenters. The summed E-state index contributed by atoms with van der Waals surface area (Å²) in [6.45, 7) is 0. The van der Waals surface area contributed by atoms with Crippen LogP contribution in [0.4, 0.5) is 0 Å². The molecule has 0 bridgehead atoms. The van der Waals surface area contributed by atoms with Gasteiger partial charge in [-0.25, -0.2) is 4.79 Å². The Bertz CT molecular complexity index is 503. The molecule has 4 N–H and O–H groups in total. The molecule has 1 rings (SSSR count). The van der Waals surface area contributed by atoms with E-state index in [1.165, 1.54) is 7.11 Å². The minimum atomic E-state index is -1.23. The van der Waals surface area contributed by atoms with Gasteiger partial charge < -0.3 is 20.9 Å². The number of nitrogens with one attached hydrogen (secondary N) is 1. The van der Waals surface area contributed by atoms with E-state index < -0.39 is 29.9 Å². The summed E-state index contributed by atoms with van der Waals surface area (Å²) in [5.41, 5.74) is 6.35. The largest absolute Gasteiger partial charge is 0.480 e. The predicted molar refractivity (Wildman–Crippen MR) is 74.2 cm³/mol. The molecule has 21 heavy (non-hydrogen) atoms. The first-order valence-electron chi connectivity index (χ1n) is 6.36.